The lowest BCUT2D eigenvalue weighted by molar-refractivity contribution is -0.158. The van der Waals surface area contributed by atoms with Crippen LogP contribution < -0.4 is 16.0 Å². The molecule has 300 valence electrons. The summed E-state index contributed by atoms with van der Waals surface area (Å²) in [4.78, 5) is 59.1. The normalized spacial score (nSPS) is 14.8. The summed E-state index contributed by atoms with van der Waals surface area (Å²) in [5.41, 5.74) is 1.17. The van der Waals surface area contributed by atoms with Crippen LogP contribution in [0.25, 0.3) is 0 Å². The summed E-state index contributed by atoms with van der Waals surface area (Å²) in [5, 5.41) is 21.4. The number of phenols is 1. The first-order valence-electron chi connectivity index (χ1n) is 19.0. The summed E-state index contributed by atoms with van der Waals surface area (Å²) in [5.74, 6) is -0.499. The zero-order valence-electron chi connectivity index (χ0n) is 33.3. The number of hydrogen-bond acceptors (Lipinski definition) is 10. The summed E-state index contributed by atoms with van der Waals surface area (Å²) in [6.45, 7) is 12.2. The molecule has 4 N–H and O–H groups in total. The van der Waals surface area contributed by atoms with Crippen molar-refractivity contribution in [2.75, 3.05) is 38.6 Å². The fourth-order valence-corrected chi connectivity index (χ4v) is 7.92. The van der Waals surface area contributed by atoms with Crippen molar-refractivity contribution in [3.8, 4) is 5.75 Å². The number of carbonyl (C=O) groups is 4. The number of phenolic OH excluding ortho intramolecular Hbond substituents is 1. The number of thiazole rings is 1. The lowest BCUT2D eigenvalue weighted by atomic mass is 9.94. The van der Waals surface area contributed by atoms with Crippen LogP contribution in [-0.4, -0.2) is 99.6 Å². The van der Waals surface area contributed by atoms with E-state index in [1.807, 2.05) is 41.5 Å². The first-order chi connectivity index (χ1) is 25.0. The number of rotatable bonds is 24. The van der Waals surface area contributed by atoms with Crippen molar-refractivity contribution in [2.24, 2.45) is 17.8 Å². The Morgan fingerprint density at radius 3 is 2.32 bits per heavy atom. The molecule has 0 aliphatic carbocycles. The SMILES string of the molecule is CCCC(=O)OCN(C(=O)[C@@H](NC)[C@@H](C)CC)C(CCc1nc(C(=O)N[C@@H](Cc2ccc(O)cc2)C[C@H](C)C(=O)NCCC[SH](C)(C)=O)cs1)C(C)C. The summed E-state index contributed by atoms with van der Waals surface area (Å²) < 4.78 is 17.6. The molecule has 1 aromatic heterocycles. The van der Waals surface area contributed by atoms with Crippen molar-refractivity contribution in [1.29, 1.82) is 0 Å². The Bertz CT molecular complexity index is 1490. The highest BCUT2D eigenvalue weighted by Crippen LogP contribution is 2.23. The van der Waals surface area contributed by atoms with Gasteiger partial charge in [0.1, 0.15) is 11.4 Å². The molecule has 5 atom stereocenters. The second-order valence-corrected chi connectivity index (χ2v) is 19.5. The third-order valence-corrected chi connectivity index (χ3v) is 11.8. The van der Waals surface area contributed by atoms with Gasteiger partial charge in [-0.3, -0.25) is 23.4 Å². The van der Waals surface area contributed by atoms with Crippen LogP contribution in [0.3, 0.4) is 0 Å². The lowest BCUT2D eigenvalue weighted by Gasteiger charge is -2.37. The second-order valence-electron chi connectivity index (χ2n) is 15.0. The van der Waals surface area contributed by atoms with Gasteiger partial charge in [0.15, 0.2) is 6.73 Å². The standard InChI is InChI=1S/C39H65N5O7S2/c1-10-13-35(46)51-25-44(39(49)36(40-7)27(5)11-2)33(26(3)4)18-19-34-43-32(24-52-34)38(48)42-30(23-29-14-16-31(45)17-15-29)22-28(6)37(47)41-20-12-21-53(8,9)50/h14-17,24,26-28,30,33,36,40,45,53H,10-13,18-23,25H2,1-9H3,(H,41,47)(H,42,48)/t27-,28-,30+,33?,36-/m0/s1. The summed E-state index contributed by atoms with van der Waals surface area (Å²) in [7, 11) is -0.383. The number of carbonyl (C=O) groups excluding carboxylic acids is 4. The molecule has 0 radical (unpaired) electrons. The van der Waals surface area contributed by atoms with Crippen molar-refractivity contribution in [1.82, 2.24) is 25.8 Å². The van der Waals surface area contributed by atoms with E-state index in [0.29, 0.717) is 50.8 Å². The van der Waals surface area contributed by atoms with Crippen molar-refractivity contribution in [2.45, 2.75) is 111 Å². The van der Waals surface area contributed by atoms with Crippen molar-refractivity contribution in [3.05, 3.63) is 45.9 Å². The summed E-state index contributed by atoms with van der Waals surface area (Å²) in [6.07, 6.45) is 7.76. The largest absolute Gasteiger partial charge is 0.508 e. The zero-order valence-corrected chi connectivity index (χ0v) is 35.0. The molecule has 53 heavy (non-hydrogen) atoms. The summed E-state index contributed by atoms with van der Waals surface area (Å²) >= 11 is 1.38. The highest BCUT2D eigenvalue weighted by Gasteiger charge is 2.34. The van der Waals surface area contributed by atoms with E-state index >= 15 is 0 Å². The van der Waals surface area contributed by atoms with Gasteiger partial charge in [0.2, 0.25) is 11.8 Å². The minimum absolute atomic E-state index is 0.0563. The van der Waals surface area contributed by atoms with Crippen LogP contribution in [0.15, 0.2) is 29.6 Å². The molecule has 1 aromatic carbocycles. The van der Waals surface area contributed by atoms with Crippen molar-refractivity contribution >= 4 is 45.0 Å². The molecule has 1 heterocycles. The maximum atomic E-state index is 13.9. The molecule has 3 amide bonds. The molecule has 2 aromatic rings. The number of esters is 1. The second kappa shape index (κ2) is 22.8. The van der Waals surface area contributed by atoms with Crippen LogP contribution in [0.1, 0.15) is 101 Å². The highest BCUT2D eigenvalue weighted by atomic mass is 32.2. The number of amides is 3. The van der Waals surface area contributed by atoms with Crippen LogP contribution in [-0.2, 0) is 41.9 Å². The van der Waals surface area contributed by atoms with Crippen LogP contribution in [0, 0.1) is 17.8 Å². The maximum absolute atomic E-state index is 13.9. The number of thiol groups is 1. The van der Waals surface area contributed by atoms with Crippen LogP contribution in [0.5, 0.6) is 5.75 Å². The van der Waals surface area contributed by atoms with E-state index in [9.17, 15) is 28.5 Å². The molecule has 2 rings (SSSR count). The van der Waals surface area contributed by atoms with Gasteiger partial charge in [0, 0.05) is 48.5 Å². The van der Waals surface area contributed by atoms with Crippen molar-refractivity contribution in [3.63, 3.8) is 0 Å². The highest BCUT2D eigenvalue weighted by molar-refractivity contribution is 8.01. The predicted octanol–water partition coefficient (Wildman–Crippen LogP) is 4.72. The molecular weight excluding hydrogens is 715 g/mol. The average Bonchev–Trinajstić information content (AvgIpc) is 3.58. The van der Waals surface area contributed by atoms with E-state index in [-0.39, 0.29) is 66.2 Å². The van der Waals surface area contributed by atoms with E-state index < -0.39 is 27.9 Å². The first-order valence-corrected chi connectivity index (χ1v) is 22.6. The molecule has 0 spiro atoms. The fourth-order valence-electron chi connectivity index (χ4n) is 6.21. The van der Waals surface area contributed by atoms with Crippen molar-refractivity contribution < 1.29 is 33.2 Å². The van der Waals surface area contributed by atoms with E-state index in [4.69, 9.17) is 4.74 Å². The van der Waals surface area contributed by atoms with E-state index in [1.165, 1.54) is 11.3 Å². The molecule has 0 aliphatic rings. The van der Waals surface area contributed by atoms with Gasteiger partial charge in [-0.1, -0.05) is 60.1 Å². The minimum atomic E-state index is -2.16. The number of likely N-dealkylation sites (N-methyl/N-ethyl adjacent to an activating group) is 1. The molecule has 0 saturated heterocycles. The van der Waals surface area contributed by atoms with Gasteiger partial charge >= 0.3 is 5.97 Å². The number of aromatic nitrogens is 1. The zero-order chi connectivity index (χ0) is 39.7. The van der Waals surface area contributed by atoms with E-state index in [0.717, 1.165) is 17.0 Å². The van der Waals surface area contributed by atoms with E-state index in [1.54, 1.807) is 54.1 Å². The third-order valence-electron chi connectivity index (χ3n) is 9.51. The molecule has 1 unspecified atom stereocenters. The van der Waals surface area contributed by atoms with Gasteiger partial charge in [-0.2, -0.15) is 0 Å². The molecule has 0 fully saturated rings. The molecule has 12 nitrogen and oxygen atoms in total. The Morgan fingerprint density at radius 1 is 1.06 bits per heavy atom. The smallest absolute Gasteiger partial charge is 0.307 e. The first kappa shape index (κ1) is 45.8. The van der Waals surface area contributed by atoms with E-state index in [2.05, 4.69) is 20.9 Å². The number of aryl methyl sites for hydroxylation is 1. The Labute approximate surface area is 322 Å². The van der Waals surface area contributed by atoms with Gasteiger partial charge in [0.05, 0.1) is 11.0 Å². The quantitative estimate of drug-likeness (QED) is 0.0439. The molecule has 0 aliphatic heterocycles. The molecule has 14 heteroatoms. The minimum Gasteiger partial charge on any atom is -0.508 e. The van der Waals surface area contributed by atoms with Crippen LogP contribution in [0.2, 0.25) is 0 Å². The molecule has 0 bridgehead atoms. The number of hydrogen-bond donors (Lipinski definition) is 5. The summed E-state index contributed by atoms with van der Waals surface area (Å²) in [6, 6.07) is 5.70. The predicted molar refractivity (Wildman–Crippen MR) is 215 cm³/mol. The van der Waals surface area contributed by atoms with Crippen LogP contribution in [0.4, 0.5) is 0 Å². The lowest BCUT2D eigenvalue weighted by Crippen LogP contribution is -2.54. The number of ether oxygens (including phenoxy) is 1. The Morgan fingerprint density at radius 2 is 1.74 bits per heavy atom. The Balaban J connectivity index is 2.19. The van der Waals surface area contributed by atoms with Gasteiger partial charge < -0.3 is 30.7 Å². The van der Waals surface area contributed by atoms with Gasteiger partial charge in [-0.05, 0) is 81.2 Å². The number of benzene rings is 1. The monoisotopic (exact) mass is 779 g/mol. The fraction of sp³-hybridized carbons (Fsp3) is 0.667. The van der Waals surface area contributed by atoms with Gasteiger partial charge in [-0.25, -0.2) is 4.98 Å². The third kappa shape index (κ3) is 16.3. The Hall–Kier alpha value is -3.36. The Kier molecular flexibility index (Phi) is 19.7. The van der Waals surface area contributed by atoms with Gasteiger partial charge in [-0.15, -0.1) is 21.3 Å². The number of nitrogens with zero attached hydrogens (tertiary/aromatic N) is 2. The maximum Gasteiger partial charge on any atom is 0.307 e. The van der Waals surface area contributed by atoms with Gasteiger partial charge in [0.25, 0.3) is 5.91 Å². The molecular formula is C39H65N5O7S2. The molecule has 0 saturated carbocycles. The van der Waals surface area contributed by atoms with Crippen LogP contribution >= 0.6 is 11.3 Å². The number of nitrogens with one attached hydrogen (secondary N) is 3. The number of aromatic hydroxyl groups is 1. The average molecular weight is 780 g/mol. The topological polar surface area (TPSA) is 167 Å².